The lowest BCUT2D eigenvalue weighted by atomic mass is 10.2. The number of rotatable bonds is 0. The van der Waals surface area contributed by atoms with Crippen LogP contribution >= 0.6 is 0 Å². The van der Waals surface area contributed by atoms with Crippen molar-refractivity contribution in [3.05, 3.63) is 23.8 Å². The van der Waals surface area contributed by atoms with Crippen molar-refractivity contribution in [1.82, 2.24) is 20.6 Å². The Hall–Kier alpha value is -1.78. The molecule has 2 N–H and O–H groups in total. The van der Waals surface area contributed by atoms with Gasteiger partial charge in [0.1, 0.15) is 5.69 Å². The number of nitrogens with zero attached hydrogens (tertiary/aromatic N) is 2. The van der Waals surface area contributed by atoms with Gasteiger partial charge in [-0.15, -0.1) is 0 Å². The molecule has 0 fully saturated rings. The highest BCUT2D eigenvalue weighted by atomic mass is 16.5. The van der Waals surface area contributed by atoms with Gasteiger partial charge in [-0.1, -0.05) is 13.8 Å². The number of aromatic nitrogens is 2. The molecule has 3 heterocycles. The molecule has 0 bridgehead atoms. The molecule has 0 unspecified atom stereocenters. The van der Waals surface area contributed by atoms with Gasteiger partial charge in [0.2, 0.25) is 5.88 Å². The summed E-state index contributed by atoms with van der Waals surface area (Å²) in [7, 11) is 0. The zero-order valence-electron chi connectivity index (χ0n) is 9.58. The Balaban J connectivity index is 0.000000459. The van der Waals surface area contributed by atoms with Crippen LogP contribution < -0.4 is 15.4 Å². The summed E-state index contributed by atoms with van der Waals surface area (Å²) in [6, 6.07) is 0. The van der Waals surface area contributed by atoms with Gasteiger partial charge in [0.25, 0.3) is 0 Å². The minimum atomic E-state index is 0. The van der Waals surface area contributed by atoms with E-state index in [-0.39, 0.29) is 1.43 Å². The zero-order valence-corrected chi connectivity index (χ0v) is 9.58. The second-order valence-electron chi connectivity index (χ2n) is 3.19. The Morgan fingerprint density at radius 3 is 2.94 bits per heavy atom. The Morgan fingerprint density at radius 1 is 1.25 bits per heavy atom. The zero-order chi connectivity index (χ0) is 11.4. The Morgan fingerprint density at radius 2 is 2.06 bits per heavy atom. The average molecular weight is 222 g/mol. The van der Waals surface area contributed by atoms with E-state index in [1.807, 2.05) is 13.8 Å². The molecule has 0 saturated carbocycles. The van der Waals surface area contributed by atoms with E-state index in [1.54, 1.807) is 12.4 Å². The SMILES string of the molecule is CC.[HH].c1cnc2c(n1)OCCC1=C2NCN1. The van der Waals surface area contributed by atoms with Crippen LogP contribution in [0, 0.1) is 0 Å². The maximum atomic E-state index is 5.49. The van der Waals surface area contributed by atoms with Crippen molar-refractivity contribution in [2.75, 3.05) is 13.3 Å². The van der Waals surface area contributed by atoms with Crippen LogP contribution in [0.2, 0.25) is 0 Å². The Labute approximate surface area is 96.4 Å². The number of fused-ring (bicyclic) bond motifs is 2. The molecule has 16 heavy (non-hydrogen) atoms. The van der Waals surface area contributed by atoms with E-state index >= 15 is 0 Å². The van der Waals surface area contributed by atoms with Gasteiger partial charge in [-0.3, -0.25) is 0 Å². The average Bonchev–Trinajstić information content (AvgIpc) is 2.74. The van der Waals surface area contributed by atoms with Gasteiger partial charge in [-0.05, 0) is 0 Å². The summed E-state index contributed by atoms with van der Waals surface area (Å²) in [5, 5.41) is 6.50. The van der Waals surface area contributed by atoms with E-state index in [0.717, 1.165) is 24.5 Å². The maximum Gasteiger partial charge on any atom is 0.242 e. The third-order valence-corrected chi connectivity index (χ3v) is 2.36. The molecule has 2 aliphatic heterocycles. The minimum absolute atomic E-state index is 0. The molecule has 0 saturated heterocycles. The second-order valence-corrected chi connectivity index (χ2v) is 3.19. The fourth-order valence-corrected chi connectivity index (χ4v) is 1.73. The normalized spacial score (nSPS) is 16.6. The van der Waals surface area contributed by atoms with Crippen LogP contribution in [-0.2, 0) is 0 Å². The van der Waals surface area contributed by atoms with Crippen LogP contribution in [0.15, 0.2) is 18.1 Å². The van der Waals surface area contributed by atoms with Gasteiger partial charge >= 0.3 is 0 Å². The lowest BCUT2D eigenvalue weighted by Gasteiger charge is -2.06. The van der Waals surface area contributed by atoms with Crippen molar-refractivity contribution in [2.45, 2.75) is 20.3 Å². The summed E-state index contributed by atoms with van der Waals surface area (Å²) < 4.78 is 5.49. The van der Waals surface area contributed by atoms with Gasteiger partial charge in [-0.25, -0.2) is 9.97 Å². The second kappa shape index (κ2) is 4.83. The van der Waals surface area contributed by atoms with Gasteiger partial charge in [0.15, 0.2) is 0 Å². The molecule has 0 radical (unpaired) electrons. The van der Waals surface area contributed by atoms with Crippen molar-refractivity contribution in [2.24, 2.45) is 0 Å². The maximum absolute atomic E-state index is 5.49. The number of ether oxygens (including phenoxy) is 1. The Bertz CT molecular complexity index is 408. The summed E-state index contributed by atoms with van der Waals surface area (Å²) >= 11 is 0. The van der Waals surface area contributed by atoms with Crippen LogP contribution in [0.1, 0.15) is 27.4 Å². The van der Waals surface area contributed by atoms with Gasteiger partial charge in [0.05, 0.1) is 19.0 Å². The first kappa shape index (κ1) is 10.7. The van der Waals surface area contributed by atoms with Crippen molar-refractivity contribution in [3.63, 3.8) is 0 Å². The predicted molar refractivity (Wildman–Crippen MR) is 63.7 cm³/mol. The van der Waals surface area contributed by atoms with E-state index in [0.29, 0.717) is 12.5 Å². The highest BCUT2D eigenvalue weighted by Crippen LogP contribution is 2.27. The molecule has 0 atom stereocenters. The van der Waals surface area contributed by atoms with Crippen LogP contribution in [0.3, 0.4) is 0 Å². The quantitative estimate of drug-likeness (QED) is 0.694. The molecule has 3 rings (SSSR count). The predicted octanol–water partition coefficient (Wildman–Crippen LogP) is 1.35. The van der Waals surface area contributed by atoms with E-state index in [4.69, 9.17) is 4.74 Å². The topological polar surface area (TPSA) is 59.1 Å². The van der Waals surface area contributed by atoms with Crippen molar-refractivity contribution in [1.29, 1.82) is 0 Å². The van der Waals surface area contributed by atoms with Gasteiger partial charge in [-0.2, -0.15) is 0 Å². The lowest BCUT2D eigenvalue weighted by molar-refractivity contribution is 0.307. The van der Waals surface area contributed by atoms with Crippen LogP contribution in [0.25, 0.3) is 5.70 Å². The molecule has 1 aromatic heterocycles. The van der Waals surface area contributed by atoms with Crippen LogP contribution in [-0.4, -0.2) is 23.2 Å². The molecule has 5 heteroatoms. The first-order chi connectivity index (χ1) is 7.95. The smallest absolute Gasteiger partial charge is 0.242 e. The van der Waals surface area contributed by atoms with Crippen LogP contribution in [0.4, 0.5) is 0 Å². The summed E-state index contributed by atoms with van der Waals surface area (Å²) in [5.41, 5.74) is 3.01. The standard InChI is InChI=1S/C9H10N4O.C2H6.H2/c1-4-14-9-8(10-2-3-11-9)7-6(1)12-5-13-7;1-2;/h2-3,12-13H,1,4-5H2;1-2H3;1H. The van der Waals surface area contributed by atoms with Crippen molar-refractivity contribution < 1.29 is 6.16 Å². The molecular formula is C11H18N4O. The fraction of sp³-hybridized carbons (Fsp3) is 0.455. The summed E-state index contributed by atoms with van der Waals surface area (Å²) in [4.78, 5) is 8.43. The van der Waals surface area contributed by atoms with Gasteiger partial charge in [0, 0.05) is 25.9 Å². The summed E-state index contributed by atoms with van der Waals surface area (Å²) in [6.45, 7) is 5.42. The first-order valence-electron chi connectivity index (χ1n) is 5.60. The molecule has 0 aliphatic carbocycles. The largest absolute Gasteiger partial charge is 0.476 e. The number of hydrogen-bond acceptors (Lipinski definition) is 5. The molecule has 2 aliphatic rings. The third kappa shape index (κ3) is 1.80. The van der Waals surface area contributed by atoms with Gasteiger partial charge < -0.3 is 15.4 Å². The van der Waals surface area contributed by atoms with Crippen molar-refractivity contribution in [3.8, 4) is 5.88 Å². The molecule has 0 aromatic carbocycles. The molecular weight excluding hydrogens is 204 g/mol. The third-order valence-electron chi connectivity index (χ3n) is 2.36. The van der Waals surface area contributed by atoms with E-state index < -0.39 is 0 Å². The molecule has 0 amide bonds. The first-order valence-corrected chi connectivity index (χ1v) is 5.60. The van der Waals surface area contributed by atoms with Crippen molar-refractivity contribution >= 4 is 5.70 Å². The Kier molecular flexibility index (Phi) is 3.24. The summed E-state index contributed by atoms with van der Waals surface area (Å²) in [5.74, 6) is 0.619. The molecule has 0 spiro atoms. The molecule has 1 aromatic rings. The lowest BCUT2D eigenvalue weighted by Crippen LogP contribution is -2.17. The number of hydrogen-bond donors (Lipinski definition) is 2. The summed E-state index contributed by atoms with van der Waals surface area (Å²) in [6.07, 6.45) is 4.20. The monoisotopic (exact) mass is 222 g/mol. The highest BCUT2D eigenvalue weighted by molar-refractivity contribution is 5.69. The molecule has 5 nitrogen and oxygen atoms in total. The van der Waals surface area contributed by atoms with Crippen LogP contribution in [0.5, 0.6) is 5.88 Å². The van der Waals surface area contributed by atoms with E-state index in [9.17, 15) is 0 Å². The molecule has 88 valence electrons. The minimum Gasteiger partial charge on any atom is -0.476 e. The highest BCUT2D eigenvalue weighted by Gasteiger charge is 2.23. The van der Waals surface area contributed by atoms with E-state index in [1.165, 1.54) is 5.70 Å². The number of nitrogens with one attached hydrogen (secondary N) is 2. The fourth-order valence-electron chi connectivity index (χ4n) is 1.73. The van der Waals surface area contributed by atoms with E-state index in [2.05, 4.69) is 20.6 Å².